The quantitative estimate of drug-likeness (QED) is 0.875. The first-order valence-electron chi connectivity index (χ1n) is 7.00. The van der Waals surface area contributed by atoms with Gasteiger partial charge in [-0.3, -0.25) is 4.79 Å². The molecular weight excluding hydrogens is 327 g/mol. The summed E-state index contributed by atoms with van der Waals surface area (Å²) >= 11 is 0. The van der Waals surface area contributed by atoms with Crippen LogP contribution in [0.4, 0.5) is 13.2 Å². The van der Waals surface area contributed by atoms with Crippen molar-refractivity contribution in [3.05, 3.63) is 53.5 Å². The number of halogens is 3. The molecule has 0 bridgehead atoms. The Kier molecular flexibility index (Phi) is 4.88. The molecule has 8 heteroatoms. The summed E-state index contributed by atoms with van der Waals surface area (Å²) in [6.45, 7) is 2.99. The second kappa shape index (κ2) is 6.56. The normalized spacial score (nSPS) is 14.1. The van der Waals surface area contributed by atoms with Crippen molar-refractivity contribution in [2.75, 3.05) is 6.54 Å². The summed E-state index contributed by atoms with van der Waals surface area (Å²) < 4.78 is 45.7. The van der Waals surface area contributed by atoms with Gasteiger partial charge in [0.2, 0.25) is 0 Å². The molecule has 1 aromatic carbocycles. The molecule has 1 aromatic heterocycles. The molecule has 1 unspecified atom stereocenters. The van der Waals surface area contributed by atoms with Gasteiger partial charge in [0.1, 0.15) is 22.9 Å². The van der Waals surface area contributed by atoms with Crippen molar-refractivity contribution in [3.8, 4) is 5.75 Å². The van der Waals surface area contributed by atoms with Crippen LogP contribution in [0.25, 0.3) is 0 Å². The zero-order valence-corrected chi connectivity index (χ0v) is 13.0. The van der Waals surface area contributed by atoms with Crippen LogP contribution in [0.1, 0.15) is 28.8 Å². The maximum absolute atomic E-state index is 12.2. The molecule has 0 aliphatic rings. The molecule has 0 aliphatic heterocycles. The van der Waals surface area contributed by atoms with Gasteiger partial charge in [0.25, 0.3) is 5.91 Å². The Morgan fingerprint density at radius 1 is 1.29 bits per heavy atom. The van der Waals surface area contributed by atoms with E-state index in [1.807, 2.05) is 0 Å². The average molecular weight is 343 g/mol. The first-order chi connectivity index (χ1) is 11.1. The minimum absolute atomic E-state index is 0.0248. The van der Waals surface area contributed by atoms with E-state index in [4.69, 9.17) is 4.42 Å². The summed E-state index contributed by atoms with van der Waals surface area (Å²) in [7, 11) is 0. The van der Waals surface area contributed by atoms with Crippen LogP contribution in [0.3, 0.4) is 0 Å². The number of amides is 1. The number of aryl methyl sites for hydroxylation is 1. The van der Waals surface area contributed by atoms with E-state index in [0.29, 0.717) is 5.76 Å². The van der Waals surface area contributed by atoms with Crippen LogP contribution in [0.2, 0.25) is 0 Å². The van der Waals surface area contributed by atoms with E-state index < -0.39 is 23.6 Å². The van der Waals surface area contributed by atoms with E-state index >= 15 is 0 Å². The number of carbonyl (C=O) groups excluding carboxylic acids is 1. The molecule has 1 heterocycles. The standard InChI is InChI=1S/C16H16F3NO4/c1-10-6-7-13(23-10)15(2,22)9-20-14(21)11-4-3-5-12(8-11)24-16(17,18)19/h3-8,22H,9H2,1-2H3,(H,20,21). The van der Waals surface area contributed by atoms with Gasteiger partial charge in [-0.15, -0.1) is 13.2 Å². The maximum atomic E-state index is 12.2. The highest BCUT2D eigenvalue weighted by Gasteiger charge is 2.31. The number of nitrogens with one attached hydrogen (secondary N) is 1. The molecule has 2 N–H and O–H groups in total. The second-order valence-electron chi connectivity index (χ2n) is 5.44. The summed E-state index contributed by atoms with van der Waals surface area (Å²) in [6.07, 6.45) is -4.84. The molecule has 2 aromatic rings. The maximum Gasteiger partial charge on any atom is 0.573 e. The number of benzene rings is 1. The molecule has 5 nitrogen and oxygen atoms in total. The number of furan rings is 1. The average Bonchev–Trinajstić information content (AvgIpc) is 2.91. The predicted octanol–water partition coefficient (Wildman–Crippen LogP) is 3.12. The molecule has 1 atom stereocenters. The second-order valence-corrected chi connectivity index (χ2v) is 5.44. The van der Waals surface area contributed by atoms with Crippen molar-refractivity contribution in [1.82, 2.24) is 5.32 Å². The fourth-order valence-corrected chi connectivity index (χ4v) is 2.00. The molecular formula is C16H16F3NO4. The summed E-state index contributed by atoms with van der Waals surface area (Å²) in [6, 6.07) is 7.91. The predicted molar refractivity (Wildman–Crippen MR) is 78.5 cm³/mol. The third kappa shape index (κ3) is 4.76. The number of rotatable bonds is 5. The van der Waals surface area contributed by atoms with E-state index in [9.17, 15) is 23.1 Å². The molecule has 2 rings (SSSR count). The number of carbonyl (C=O) groups is 1. The third-order valence-electron chi connectivity index (χ3n) is 3.19. The van der Waals surface area contributed by atoms with Crippen molar-refractivity contribution in [2.45, 2.75) is 25.8 Å². The molecule has 0 fully saturated rings. The summed E-state index contributed by atoms with van der Waals surface area (Å²) in [5, 5.41) is 12.8. The van der Waals surface area contributed by atoms with Crippen molar-refractivity contribution in [2.24, 2.45) is 0 Å². The van der Waals surface area contributed by atoms with E-state index in [1.54, 1.807) is 19.1 Å². The molecule has 0 saturated carbocycles. The fourth-order valence-electron chi connectivity index (χ4n) is 2.00. The zero-order chi connectivity index (χ0) is 18.0. The number of alkyl halides is 3. The van der Waals surface area contributed by atoms with Crippen LogP contribution in [0, 0.1) is 6.92 Å². The van der Waals surface area contributed by atoms with E-state index in [-0.39, 0.29) is 17.9 Å². The lowest BCUT2D eigenvalue weighted by Crippen LogP contribution is -2.38. The first-order valence-corrected chi connectivity index (χ1v) is 7.00. The van der Waals surface area contributed by atoms with Gasteiger partial charge < -0.3 is 19.6 Å². The van der Waals surface area contributed by atoms with E-state index in [2.05, 4.69) is 10.1 Å². The zero-order valence-electron chi connectivity index (χ0n) is 13.0. The highest BCUT2D eigenvalue weighted by atomic mass is 19.4. The lowest BCUT2D eigenvalue weighted by Gasteiger charge is -2.21. The minimum Gasteiger partial charge on any atom is -0.463 e. The molecule has 24 heavy (non-hydrogen) atoms. The fraction of sp³-hybridized carbons (Fsp3) is 0.312. The van der Waals surface area contributed by atoms with Gasteiger partial charge in [0, 0.05) is 5.56 Å². The topological polar surface area (TPSA) is 71.7 Å². The first kappa shape index (κ1) is 17.9. The molecule has 0 spiro atoms. The Balaban J connectivity index is 2.03. The Bertz CT molecular complexity index is 722. The van der Waals surface area contributed by atoms with Gasteiger partial charge in [0.15, 0.2) is 0 Å². The number of aliphatic hydroxyl groups is 1. The minimum atomic E-state index is -4.84. The molecule has 130 valence electrons. The van der Waals surface area contributed by atoms with Crippen LogP contribution < -0.4 is 10.1 Å². The molecule has 0 aliphatic carbocycles. The van der Waals surface area contributed by atoms with Crippen LogP contribution in [0.5, 0.6) is 5.75 Å². The van der Waals surface area contributed by atoms with Crippen LogP contribution in [0.15, 0.2) is 40.8 Å². The van der Waals surface area contributed by atoms with Gasteiger partial charge in [-0.1, -0.05) is 6.07 Å². The van der Waals surface area contributed by atoms with Gasteiger partial charge in [-0.05, 0) is 44.2 Å². The largest absolute Gasteiger partial charge is 0.573 e. The van der Waals surface area contributed by atoms with Crippen molar-refractivity contribution in [1.29, 1.82) is 0 Å². The van der Waals surface area contributed by atoms with Crippen LogP contribution in [-0.4, -0.2) is 23.9 Å². The summed E-state index contributed by atoms with van der Waals surface area (Å²) in [5.74, 6) is -0.266. The van der Waals surface area contributed by atoms with Crippen LogP contribution >= 0.6 is 0 Å². The SMILES string of the molecule is Cc1ccc(C(C)(O)CNC(=O)c2cccc(OC(F)(F)F)c2)o1. The van der Waals surface area contributed by atoms with E-state index in [1.165, 1.54) is 19.1 Å². The Hall–Kier alpha value is -2.48. The molecule has 0 saturated heterocycles. The van der Waals surface area contributed by atoms with Gasteiger partial charge in [0.05, 0.1) is 6.54 Å². The number of ether oxygens (including phenoxy) is 1. The third-order valence-corrected chi connectivity index (χ3v) is 3.19. The lowest BCUT2D eigenvalue weighted by atomic mass is 10.0. The van der Waals surface area contributed by atoms with Crippen LogP contribution in [-0.2, 0) is 5.60 Å². The summed E-state index contributed by atoms with van der Waals surface area (Å²) in [4.78, 5) is 12.1. The highest BCUT2D eigenvalue weighted by Crippen LogP contribution is 2.24. The van der Waals surface area contributed by atoms with Crippen molar-refractivity contribution < 1.29 is 32.2 Å². The Morgan fingerprint density at radius 2 is 2.00 bits per heavy atom. The number of hydrogen-bond acceptors (Lipinski definition) is 4. The Morgan fingerprint density at radius 3 is 2.58 bits per heavy atom. The van der Waals surface area contributed by atoms with Gasteiger partial charge in [-0.2, -0.15) is 0 Å². The smallest absolute Gasteiger partial charge is 0.463 e. The monoisotopic (exact) mass is 343 g/mol. The Labute approximate surface area is 136 Å². The van der Waals surface area contributed by atoms with Gasteiger partial charge >= 0.3 is 6.36 Å². The highest BCUT2D eigenvalue weighted by molar-refractivity contribution is 5.94. The molecule has 0 radical (unpaired) electrons. The summed E-state index contributed by atoms with van der Waals surface area (Å²) in [5.41, 5.74) is -1.48. The number of hydrogen-bond donors (Lipinski definition) is 2. The lowest BCUT2D eigenvalue weighted by molar-refractivity contribution is -0.274. The van der Waals surface area contributed by atoms with Gasteiger partial charge in [-0.25, -0.2) is 0 Å². The van der Waals surface area contributed by atoms with E-state index in [0.717, 1.165) is 12.1 Å². The molecule has 1 amide bonds. The van der Waals surface area contributed by atoms with Crippen molar-refractivity contribution >= 4 is 5.91 Å². The van der Waals surface area contributed by atoms with Crippen molar-refractivity contribution in [3.63, 3.8) is 0 Å².